The van der Waals surface area contributed by atoms with E-state index in [2.05, 4.69) is 20.9 Å². The van der Waals surface area contributed by atoms with Crippen LogP contribution in [0.3, 0.4) is 0 Å². The van der Waals surface area contributed by atoms with E-state index in [4.69, 9.17) is 5.11 Å². The molecule has 0 aliphatic heterocycles. The molecule has 15 heavy (non-hydrogen) atoms. The van der Waals surface area contributed by atoms with Crippen molar-refractivity contribution >= 4 is 33.7 Å². The quantitative estimate of drug-likeness (QED) is 0.866. The number of carbonyl (C=O) groups is 1. The van der Waals surface area contributed by atoms with E-state index >= 15 is 0 Å². The van der Waals surface area contributed by atoms with Gasteiger partial charge < -0.3 is 5.11 Å². The van der Waals surface area contributed by atoms with Gasteiger partial charge in [-0.2, -0.15) is 0 Å². The summed E-state index contributed by atoms with van der Waals surface area (Å²) in [6.45, 7) is 3.43. The summed E-state index contributed by atoms with van der Waals surface area (Å²) in [4.78, 5) is 15.9. The van der Waals surface area contributed by atoms with E-state index in [1.165, 1.54) is 11.8 Å². The van der Waals surface area contributed by atoms with Gasteiger partial charge in [0.15, 0.2) is 0 Å². The number of pyridine rings is 1. The second-order valence-corrected chi connectivity index (χ2v) is 5.78. The molecule has 5 heteroatoms. The van der Waals surface area contributed by atoms with Crippen LogP contribution in [0.15, 0.2) is 27.8 Å². The standard InChI is InChI=1S/C10H12BrNO2S/c1-10(2,9(13)14)6-15-8-3-7(11)4-12-5-8/h3-5H,6H2,1-2H3,(H,13,14). The van der Waals surface area contributed by atoms with Gasteiger partial charge in [-0.05, 0) is 35.8 Å². The molecule has 0 atom stereocenters. The van der Waals surface area contributed by atoms with Crippen LogP contribution in [0.4, 0.5) is 0 Å². The Hall–Kier alpha value is -0.550. The predicted octanol–water partition coefficient (Wildman–Crippen LogP) is 3.05. The van der Waals surface area contributed by atoms with E-state index in [1.54, 1.807) is 26.2 Å². The van der Waals surface area contributed by atoms with Crippen molar-refractivity contribution in [3.05, 3.63) is 22.9 Å². The van der Waals surface area contributed by atoms with Crippen LogP contribution in [-0.4, -0.2) is 21.8 Å². The number of nitrogens with zero attached hydrogens (tertiary/aromatic N) is 1. The first-order valence-corrected chi connectivity index (χ1v) is 6.16. The van der Waals surface area contributed by atoms with Crippen LogP contribution in [0.5, 0.6) is 0 Å². The van der Waals surface area contributed by atoms with Gasteiger partial charge in [0, 0.05) is 27.5 Å². The average molecular weight is 290 g/mol. The van der Waals surface area contributed by atoms with Crippen LogP contribution in [-0.2, 0) is 4.79 Å². The number of hydrogen-bond acceptors (Lipinski definition) is 3. The largest absolute Gasteiger partial charge is 0.481 e. The van der Waals surface area contributed by atoms with Crippen LogP contribution in [0, 0.1) is 5.41 Å². The fraction of sp³-hybridized carbons (Fsp3) is 0.400. The Balaban J connectivity index is 2.61. The van der Waals surface area contributed by atoms with Crippen molar-refractivity contribution in [2.45, 2.75) is 18.7 Å². The van der Waals surface area contributed by atoms with Gasteiger partial charge in [0.2, 0.25) is 0 Å². The molecule has 0 aliphatic rings. The molecule has 0 spiro atoms. The number of carboxylic acids is 1. The third-order valence-corrected chi connectivity index (χ3v) is 3.71. The zero-order valence-corrected chi connectivity index (χ0v) is 10.9. The summed E-state index contributed by atoms with van der Waals surface area (Å²) in [7, 11) is 0. The van der Waals surface area contributed by atoms with E-state index in [-0.39, 0.29) is 0 Å². The number of aliphatic carboxylic acids is 1. The minimum absolute atomic E-state index is 0.528. The van der Waals surface area contributed by atoms with Gasteiger partial charge in [-0.3, -0.25) is 9.78 Å². The molecule has 1 heterocycles. The van der Waals surface area contributed by atoms with E-state index < -0.39 is 11.4 Å². The lowest BCUT2D eigenvalue weighted by Gasteiger charge is -2.17. The summed E-state index contributed by atoms with van der Waals surface area (Å²) in [6, 6.07) is 1.93. The van der Waals surface area contributed by atoms with Crippen molar-refractivity contribution in [3.8, 4) is 0 Å². The Labute approximate surface area is 101 Å². The fourth-order valence-electron chi connectivity index (χ4n) is 0.797. The van der Waals surface area contributed by atoms with Crippen LogP contribution >= 0.6 is 27.7 Å². The lowest BCUT2D eigenvalue weighted by molar-refractivity contribution is -0.145. The molecular formula is C10H12BrNO2S. The SMILES string of the molecule is CC(C)(CSc1cncc(Br)c1)C(=O)O. The maximum atomic E-state index is 10.9. The van der Waals surface area contributed by atoms with Gasteiger partial charge in [-0.15, -0.1) is 11.8 Å². The number of aromatic nitrogens is 1. The van der Waals surface area contributed by atoms with Gasteiger partial charge in [-0.25, -0.2) is 0 Å². The molecule has 1 rings (SSSR count). The molecule has 0 aliphatic carbocycles. The molecule has 1 aromatic rings. The molecule has 3 nitrogen and oxygen atoms in total. The maximum absolute atomic E-state index is 10.9. The minimum atomic E-state index is -0.780. The smallest absolute Gasteiger partial charge is 0.309 e. The van der Waals surface area contributed by atoms with Crippen molar-refractivity contribution in [2.24, 2.45) is 5.41 Å². The van der Waals surface area contributed by atoms with Crippen molar-refractivity contribution in [3.63, 3.8) is 0 Å². The molecule has 0 fully saturated rings. The number of carboxylic acid groups (broad SMARTS) is 1. The molecule has 0 amide bonds. The average Bonchev–Trinajstić information content (AvgIpc) is 2.15. The number of hydrogen-bond donors (Lipinski definition) is 1. The molecule has 0 saturated carbocycles. The summed E-state index contributed by atoms with van der Waals surface area (Å²) in [5, 5.41) is 8.94. The van der Waals surface area contributed by atoms with Gasteiger partial charge >= 0.3 is 5.97 Å². The Morgan fingerprint density at radius 2 is 2.27 bits per heavy atom. The monoisotopic (exact) mass is 289 g/mol. The fourth-order valence-corrected chi connectivity index (χ4v) is 2.31. The summed E-state index contributed by atoms with van der Waals surface area (Å²) in [5.41, 5.74) is -0.715. The molecule has 1 aromatic heterocycles. The van der Waals surface area contributed by atoms with Crippen molar-refractivity contribution < 1.29 is 9.90 Å². The lowest BCUT2D eigenvalue weighted by atomic mass is 9.97. The summed E-state index contributed by atoms with van der Waals surface area (Å²) in [5.74, 6) is -0.251. The first kappa shape index (κ1) is 12.5. The van der Waals surface area contributed by atoms with Crippen molar-refractivity contribution in [1.29, 1.82) is 0 Å². The zero-order chi connectivity index (χ0) is 11.5. The topological polar surface area (TPSA) is 50.2 Å². The Morgan fingerprint density at radius 1 is 1.60 bits per heavy atom. The van der Waals surface area contributed by atoms with Crippen molar-refractivity contribution in [2.75, 3.05) is 5.75 Å². The van der Waals surface area contributed by atoms with Crippen LogP contribution in [0.1, 0.15) is 13.8 Å². The molecule has 82 valence electrons. The maximum Gasteiger partial charge on any atom is 0.309 e. The molecule has 0 saturated heterocycles. The summed E-state index contributed by atoms with van der Waals surface area (Å²) in [6.07, 6.45) is 3.43. The van der Waals surface area contributed by atoms with Gasteiger partial charge in [0.05, 0.1) is 5.41 Å². The second kappa shape index (κ2) is 4.99. The molecular weight excluding hydrogens is 278 g/mol. The minimum Gasteiger partial charge on any atom is -0.481 e. The predicted molar refractivity (Wildman–Crippen MR) is 64.1 cm³/mol. The van der Waals surface area contributed by atoms with Gasteiger partial charge in [-0.1, -0.05) is 0 Å². The Bertz CT molecular complexity index is 368. The Kier molecular flexibility index (Phi) is 4.16. The second-order valence-electron chi connectivity index (χ2n) is 3.82. The number of thioether (sulfide) groups is 1. The third kappa shape index (κ3) is 3.83. The molecule has 0 unspecified atom stereocenters. The van der Waals surface area contributed by atoms with Crippen molar-refractivity contribution in [1.82, 2.24) is 4.98 Å². The Morgan fingerprint density at radius 3 is 2.80 bits per heavy atom. The highest BCUT2D eigenvalue weighted by atomic mass is 79.9. The first-order chi connectivity index (χ1) is 6.92. The highest BCUT2D eigenvalue weighted by Gasteiger charge is 2.27. The van der Waals surface area contributed by atoms with Crippen LogP contribution < -0.4 is 0 Å². The van der Waals surface area contributed by atoms with Crippen LogP contribution in [0.25, 0.3) is 0 Å². The third-order valence-electron chi connectivity index (χ3n) is 1.86. The molecule has 1 N–H and O–H groups in total. The van der Waals surface area contributed by atoms with Gasteiger partial charge in [0.25, 0.3) is 0 Å². The highest BCUT2D eigenvalue weighted by Crippen LogP contribution is 2.28. The van der Waals surface area contributed by atoms with E-state index in [9.17, 15) is 4.79 Å². The number of rotatable bonds is 4. The van der Waals surface area contributed by atoms with E-state index in [0.29, 0.717) is 5.75 Å². The molecule has 0 bridgehead atoms. The van der Waals surface area contributed by atoms with E-state index in [1.807, 2.05) is 6.07 Å². The summed E-state index contributed by atoms with van der Waals surface area (Å²) < 4.78 is 0.903. The molecule has 0 radical (unpaired) electrons. The lowest BCUT2D eigenvalue weighted by Crippen LogP contribution is -2.26. The molecule has 0 aromatic carbocycles. The summed E-state index contributed by atoms with van der Waals surface area (Å²) >= 11 is 4.82. The zero-order valence-electron chi connectivity index (χ0n) is 8.53. The van der Waals surface area contributed by atoms with Crippen LogP contribution in [0.2, 0.25) is 0 Å². The van der Waals surface area contributed by atoms with Gasteiger partial charge in [0.1, 0.15) is 0 Å². The number of halogens is 1. The highest BCUT2D eigenvalue weighted by molar-refractivity contribution is 9.10. The normalized spacial score (nSPS) is 11.4. The first-order valence-electron chi connectivity index (χ1n) is 4.38. The van der Waals surface area contributed by atoms with E-state index in [0.717, 1.165) is 9.37 Å².